The van der Waals surface area contributed by atoms with Gasteiger partial charge < -0.3 is 4.90 Å². The lowest BCUT2D eigenvalue weighted by atomic mass is 10.3. The summed E-state index contributed by atoms with van der Waals surface area (Å²) >= 11 is 0. The fourth-order valence-corrected chi connectivity index (χ4v) is 1.69. The molecule has 104 valence electrons. The van der Waals surface area contributed by atoms with Crippen molar-refractivity contribution < 1.29 is 9.72 Å². The van der Waals surface area contributed by atoms with Crippen LogP contribution in [0, 0.1) is 10.1 Å². The average Bonchev–Trinajstić information content (AvgIpc) is 2.79. The van der Waals surface area contributed by atoms with Gasteiger partial charge >= 0.3 is 11.7 Å². The molecule has 1 aromatic carbocycles. The number of hydrogen-bond donors (Lipinski definition) is 0. The van der Waals surface area contributed by atoms with E-state index in [9.17, 15) is 19.7 Å². The highest BCUT2D eigenvalue weighted by Gasteiger charge is 2.14. The Morgan fingerprint density at radius 1 is 1.30 bits per heavy atom. The predicted molar refractivity (Wildman–Crippen MR) is 71.2 cm³/mol. The van der Waals surface area contributed by atoms with Gasteiger partial charge in [-0.15, -0.1) is 0 Å². The summed E-state index contributed by atoms with van der Waals surface area (Å²) in [6.07, 6.45) is 2.71. The molecule has 0 fully saturated rings. The molecule has 0 N–H and O–H groups in total. The van der Waals surface area contributed by atoms with Crippen molar-refractivity contribution in [2.45, 2.75) is 0 Å². The number of nitrogens with zero attached hydrogens (tertiary/aromatic N) is 4. The molecular weight excluding hydrogens is 264 g/mol. The zero-order valence-corrected chi connectivity index (χ0v) is 10.9. The Morgan fingerprint density at radius 2 is 2.00 bits per heavy atom. The largest absolute Gasteiger partial charge is 0.341 e. The molecule has 20 heavy (non-hydrogen) atoms. The van der Waals surface area contributed by atoms with E-state index in [1.165, 1.54) is 54.2 Å². The number of non-ortho nitro benzene ring substituents is 1. The lowest BCUT2D eigenvalue weighted by Crippen LogP contribution is -2.35. The van der Waals surface area contributed by atoms with Crippen LogP contribution in [-0.4, -0.2) is 39.1 Å². The number of aromatic nitrogens is 2. The van der Waals surface area contributed by atoms with Gasteiger partial charge in [-0.3, -0.25) is 14.7 Å². The summed E-state index contributed by atoms with van der Waals surface area (Å²) in [6, 6.07) is 5.14. The molecule has 1 aromatic heterocycles. The molecule has 0 aliphatic heterocycles. The van der Waals surface area contributed by atoms with Crippen LogP contribution in [0.3, 0.4) is 0 Å². The van der Waals surface area contributed by atoms with Crippen LogP contribution < -0.4 is 5.69 Å². The number of imidazole rings is 1. The van der Waals surface area contributed by atoms with Gasteiger partial charge in [0, 0.05) is 38.6 Å². The monoisotopic (exact) mass is 276 g/mol. The molecule has 1 amide bonds. The van der Waals surface area contributed by atoms with Crippen molar-refractivity contribution in [1.82, 2.24) is 14.0 Å². The van der Waals surface area contributed by atoms with Crippen molar-refractivity contribution in [3.05, 3.63) is 57.3 Å². The Bertz CT molecular complexity index is 729. The second kappa shape index (κ2) is 5.00. The van der Waals surface area contributed by atoms with E-state index in [1.807, 2.05) is 0 Å². The van der Waals surface area contributed by atoms with Crippen molar-refractivity contribution in [1.29, 1.82) is 0 Å². The highest BCUT2D eigenvalue weighted by molar-refractivity contribution is 5.76. The quantitative estimate of drug-likeness (QED) is 0.606. The van der Waals surface area contributed by atoms with E-state index in [0.29, 0.717) is 5.69 Å². The molecule has 0 aliphatic carbocycles. The van der Waals surface area contributed by atoms with Gasteiger partial charge in [0.25, 0.3) is 5.69 Å². The van der Waals surface area contributed by atoms with Crippen LogP contribution in [0.5, 0.6) is 0 Å². The van der Waals surface area contributed by atoms with Gasteiger partial charge in [-0.2, -0.15) is 0 Å². The fourth-order valence-electron chi connectivity index (χ4n) is 1.69. The van der Waals surface area contributed by atoms with Crippen LogP contribution in [0.1, 0.15) is 0 Å². The van der Waals surface area contributed by atoms with Crippen LogP contribution in [0.4, 0.5) is 10.5 Å². The number of rotatable bonds is 2. The van der Waals surface area contributed by atoms with E-state index in [-0.39, 0.29) is 5.69 Å². The van der Waals surface area contributed by atoms with Gasteiger partial charge in [0.1, 0.15) is 0 Å². The van der Waals surface area contributed by atoms with Crippen molar-refractivity contribution in [3.8, 4) is 5.69 Å². The molecule has 2 aromatic rings. The van der Waals surface area contributed by atoms with E-state index in [1.54, 1.807) is 6.07 Å². The highest BCUT2D eigenvalue weighted by atomic mass is 16.6. The maximum absolute atomic E-state index is 12.1. The SMILES string of the molecule is CN(C)C(=O)n1ccn(-c2cccc([N+](=O)[O-])c2)c1=O. The summed E-state index contributed by atoms with van der Waals surface area (Å²) in [5.74, 6) is 0. The molecule has 2 rings (SSSR count). The summed E-state index contributed by atoms with van der Waals surface area (Å²) in [4.78, 5) is 35.3. The molecule has 0 atom stereocenters. The maximum atomic E-state index is 12.1. The fraction of sp³-hybridized carbons (Fsp3) is 0.167. The first-order valence-electron chi connectivity index (χ1n) is 5.68. The zero-order chi connectivity index (χ0) is 14.9. The number of nitro benzene ring substituents is 1. The first-order valence-corrected chi connectivity index (χ1v) is 5.68. The van der Waals surface area contributed by atoms with E-state index >= 15 is 0 Å². The summed E-state index contributed by atoms with van der Waals surface area (Å²) in [6.45, 7) is 0. The summed E-state index contributed by atoms with van der Waals surface area (Å²) in [5.41, 5.74) is -0.375. The van der Waals surface area contributed by atoms with Crippen LogP contribution in [0.15, 0.2) is 41.5 Å². The molecule has 0 saturated heterocycles. The van der Waals surface area contributed by atoms with Gasteiger partial charge in [-0.05, 0) is 6.07 Å². The Labute approximate surface area is 113 Å². The molecular formula is C12H12N4O4. The van der Waals surface area contributed by atoms with Gasteiger partial charge in [0.05, 0.1) is 10.6 Å². The second-order valence-corrected chi connectivity index (χ2v) is 4.27. The molecule has 0 unspecified atom stereocenters. The van der Waals surface area contributed by atoms with Gasteiger partial charge in [-0.1, -0.05) is 6.07 Å². The van der Waals surface area contributed by atoms with Gasteiger partial charge in [-0.25, -0.2) is 14.2 Å². The number of hydrogen-bond acceptors (Lipinski definition) is 4. The minimum absolute atomic E-state index is 0.124. The summed E-state index contributed by atoms with van der Waals surface area (Å²) in [5, 5.41) is 10.7. The van der Waals surface area contributed by atoms with E-state index in [4.69, 9.17) is 0 Å². The molecule has 8 heteroatoms. The van der Waals surface area contributed by atoms with E-state index in [2.05, 4.69) is 0 Å². The lowest BCUT2D eigenvalue weighted by molar-refractivity contribution is -0.384. The van der Waals surface area contributed by atoms with Crippen LogP contribution in [-0.2, 0) is 0 Å². The minimum atomic E-state index is -0.579. The third-order valence-corrected chi connectivity index (χ3v) is 2.68. The van der Waals surface area contributed by atoms with Crippen molar-refractivity contribution in [3.63, 3.8) is 0 Å². The Kier molecular flexibility index (Phi) is 3.38. The summed E-state index contributed by atoms with van der Waals surface area (Å²) < 4.78 is 2.10. The van der Waals surface area contributed by atoms with Crippen LogP contribution in [0.25, 0.3) is 5.69 Å². The van der Waals surface area contributed by atoms with Crippen molar-refractivity contribution in [2.75, 3.05) is 14.1 Å². The van der Waals surface area contributed by atoms with E-state index < -0.39 is 16.6 Å². The topological polar surface area (TPSA) is 90.4 Å². The third kappa shape index (κ3) is 2.30. The average molecular weight is 276 g/mol. The minimum Gasteiger partial charge on any atom is -0.330 e. The Morgan fingerprint density at radius 3 is 2.60 bits per heavy atom. The Balaban J connectivity index is 2.50. The highest BCUT2D eigenvalue weighted by Crippen LogP contribution is 2.15. The molecule has 0 bridgehead atoms. The number of carbonyl (C=O) groups is 1. The molecule has 0 radical (unpaired) electrons. The van der Waals surface area contributed by atoms with Crippen LogP contribution >= 0.6 is 0 Å². The lowest BCUT2D eigenvalue weighted by Gasteiger charge is -2.09. The van der Waals surface area contributed by atoms with Crippen molar-refractivity contribution >= 4 is 11.7 Å². The normalized spacial score (nSPS) is 10.3. The number of benzene rings is 1. The first-order chi connectivity index (χ1) is 9.41. The predicted octanol–water partition coefficient (Wildman–Crippen LogP) is 1.08. The number of amides is 1. The van der Waals surface area contributed by atoms with Crippen molar-refractivity contribution in [2.24, 2.45) is 0 Å². The molecule has 8 nitrogen and oxygen atoms in total. The van der Waals surface area contributed by atoms with Gasteiger partial charge in [0.15, 0.2) is 0 Å². The number of nitro groups is 1. The first kappa shape index (κ1) is 13.5. The molecule has 0 saturated carbocycles. The molecule has 0 aliphatic rings. The van der Waals surface area contributed by atoms with Crippen LogP contribution in [0.2, 0.25) is 0 Å². The summed E-state index contributed by atoms with van der Waals surface area (Å²) in [7, 11) is 3.05. The second-order valence-electron chi connectivity index (χ2n) is 4.27. The van der Waals surface area contributed by atoms with Gasteiger partial charge in [0.2, 0.25) is 0 Å². The number of carbonyl (C=O) groups excluding carboxylic acids is 1. The smallest absolute Gasteiger partial charge is 0.330 e. The van der Waals surface area contributed by atoms with E-state index in [0.717, 1.165) is 4.57 Å². The standard InChI is InChI=1S/C12H12N4O4/c1-13(2)11(17)15-7-6-14(12(15)18)9-4-3-5-10(8-9)16(19)20/h3-8H,1-2H3. The molecule has 0 spiro atoms. The Hall–Kier alpha value is -2.90. The molecule has 1 heterocycles. The maximum Gasteiger partial charge on any atom is 0.341 e. The zero-order valence-electron chi connectivity index (χ0n) is 10.9. The third-order valence-electron chi connectivity index (χ3n) is 2.68.